The highest BCUT2D eigenvalue weighted by molar-refractivity contribution is 6.30. The van der Waals surface area contributed by atoms with Gasteiger partial charge in [0.1, 0.15) is 5.15 Å². The third-order valence-corrected chi connectivity index (χ3v) is 3.24. The van der Waals surface area contributed by atoms with E-state index in [-0.39, 0.29) is 5.15 Å². The van der Waals surface area contributed by atoms with Crippen LogP contribution in [0.1, 0.15) is 16.7 Å². The highest BCUT2D eigenvalue weighted by Crippen LogP contribution is 2.13. The van der Waals surface area contributed by atoms with Crippen LogP contribution in [-0.2, 0) is 0 Å². The minimum Gasteiger partial charge on any atom is -0.297 e. The van der Waals surface area contributed by atoms with Crippen molar-refractivity contribution in [2.75, 3.05) is 0 Å². The number of aryl methyl sites for hydroxylation is 2. The molecule has 18 heavy (non-hydrogen) atoms. The number of hydrogen-bond acceptors (Lipinski definition) is 2. The quantitative estimate of drug-likeness (QED) is 0.802. The third-order valence-electron chi connectivity index (χ3n) is 2.87. The fraction of sp³-hybridized carbons (Fsp3) is 0.231. The smallest absolute Gasteiger partial charge is 0.297 e. The Morgan fingerprint density at radius 3 is 2.44 bits per heavy atom. The number of rotatable bonds is 1. The molecule has 0 spiro atoms. The molecule has 0 unspecified atom stereocenters. The Balaban J connectivity index is 2.84. The van der Waals surface area contributed by atoms with E-state index >= 15 is 0 Å². The van der Waals surface area contributed by atoms with E-state index in [1.807, 2.05) is 26.0 Å². The normalized spacial score (nSPS) is 10.7. The zero-order chi connectivity index (χ0) is 13.4. The van der Waals surface area contributed by atoms with E-state index in [4.69, 9.17) is 11.6 Å². The van der Waals surface area contributed by atoms with Gasteiger partial charge >= 0.3 is 5.69 Å². The van der Waals surface area contributed by atoms with Crippen molar-refractivity contribution in [1.29, 1.82) is 0 Å². The molecule has 1 aromatic carbocycles. The summed E-state index contributed by atoms with van der Waals surface area (Å²) in [6.45, 7) is 5.40. The van der Waals surface area contributed by atoms with Crippen LogP contribution in [-0.4, -0.2) is 9.55 Å². The first-order valence-corrected chi connectivity index (χ1v) is 5.88. The molecule has 1 aromatic heterocycles. The van der Waals surface area contributed by atoms with Gasteiger partial charge in [-0.15, -0.1) is 0 Å². The van der Waals surface area contributed by atoms with Gasteiger partial charge in [0.25, 0.3) is 5.56 Å². The Labute approximate surface area is 109 Å². The van der Waals surface area contributed by atoms with Crippen LogP contribution in [0.25, 0.3) is 5.69 Å². The van der Waals surface area contributed by atoms with Crippen molar-refractivity contribution < 1.29 is 0 Å². The van der Waals surface area contributed by atoms with E-state index in [9.17, 15) is 9.59 Å². The molecular formula is C13H13ClN2O2. The average molecular weight is 265 g/mol. The first kappa shape index (κ1) is 12.6. The van der Waals surface area contributed by atoms with Crippen molar-refractivity contribution in [1.82, 2.24) is 9.55 Å². The average Bonchev–Trinajstić information content (AvgIpc) is 2.29. The number of halogens is 1. The maximum absolute atomic E-state index is 12.1. The Morgan fingerprint density at radius 2 is 1.83 bits per heavy atom. The van der Waals surface area contributed by atoms with Crippen molar-refractivity contribution >= 4 is 11.6 Å². The van der Waals surface area contributed by atoms with Crippen molar-refractivity contribution in [3.05, 3.63) is 60.9 Å². The standard InChI is InChI=1S/C13H13ClN2O2/c1-7-4-5-10(8(2)6-7)16-12(17)9(3)11(14)15-13(16)18/h4-6H,1-3H3,(H,15,18). The lowest BCUT2D eigenvalue weighted by Crippen LogP contribution is -2.35. The van der Waals surface area contributed by atoms with Gasteiger partial charge in [0.05, 0.1) is 11.3 Å². The number of hydrogen-bond donors (Lipinski definition) is 1. The van der Waals surface area contributed by atoms with Gasteiger partial charge in [0.15, 0.2) is 0 Å². The molecule has 0 fully saturated rings. The SMILES string of the molecule is Cc1ccc(-n2c(=O)[nH]c(Cl)c(C)c2=O)c(C)c1. The fourth-order valence-electron chi connectivity index (χ4n) is 1.87. The van der Waals surface area contributed by atoms with E-state index in [1.54, 1.807) is 13.0 Å². The molecule has 0 radical (unpaired) electrons. The van der Waals surface area contributed by atoms with Gasteiger partial charge in [0.2, 0.25) is 0 Å². The number of nitrogens with one attached hydrogen (secondary N) is 1. The van der Waals surface area contributed by atoms with Crippen LogP contribution in [0.15, 0.2) is 27.8 Å². The summed E-state index contributed by atoms with van der Waals surface area (Å²) >= 11 is 5.77. The second-order valence-electron chi connectivity index (χ2n) is 4.30. The van der Waals surface area contributed by atoms with Gasteiger partial charge in [-0.05, 0) is 32.4 Å². The summed E-state index contributed by atoms with van der Waals surface area (Å²) in [4.78, 5) is 26.4. The molecular weight excluding hydrogens is 252 g/mol. The van der Waals surface area contributed by atoms with E-state index in [2.05, 4.69) is 4.98 Å². The largest absolute Gasteiger partial charge is 0.334 e. The predicted molar refractivity (Wildman–Crippen MR) is 71.9 cm³/mol. The molecule has 0 bridgehead atoms. The Hall–Kier alpha value is -1.81. The summed E-state index contributed by atoms with van der Waals surface area (Å²) in [6, 6.07) is 5.54. The fourth-order valence-corrected chi connectivity index (χ4v) is 2.03. The summed E-state index contributed by atoms with van der Waals surface area (Å²) in [5.41, 5.74) is 1.93. The van der Waals surface area contributed by atoms with Crippen LogP contribution in [0.2, 0.25) is 5.15 Å². The summed E-state index contributed by atoms with van der Waals surface area (Å²) in [7, 11) is 0. The maximum Gasteiger partial charge on any atom is 0.334 e. The van der Waals surface area contributed by atoms with Gasteiger partial charge in [-0.25, -0.2) is 9.36 Å². The predicted octanol–water partition coefficient (Wildman–Crippen LogP) is 2.10. The number of aromatic nitrogens is 2. The Bertz CT molecular complexity index is 729. The van der Waals surface area contributed by atoms with Gasteiger partial charge in [-0.2, -0.15) is 0 Å². The number of aromatic amines is 1. The van der Waals surface area contributed by atoms with Gasteiger partial charge in [-0.3, -0.25) is 9.78 Å². The second-order valence-corrected chi connectivity index (χ2v) is 4.68. The molecule has 0 aliphatic rings. The summed E-state index contributed by atoms with van der Waals surface area (Å²) < 4.78 is 1.11. The maximum atomic E-state index is 12.1. The van der Waals surface area contributed by atoms with E-state index in [0.717, 1.165) is 15.7 Å². The molecule has 4 nitrogen and oxygen atoms in total. The number of H-pyrrole nitrogens is 1. The molecule has 5 heteroatoms. The van der Waals surface area contributed by atoms with Gasteiger partial charge < -0.3 is 0 Å². The number of nitrogens with zero attached hydrogens (tertiary/aromatic N) is 1. The molecule has 0 saturated carbocycles. The third kappa shape index (κ3) is 1.99. The van der Waals surface area contributed by atoms with Crippen LogP contribution in [0.5, 0.6) is 0 Å². The first-order valence-electron chi connectivity index (χ1n) is 5.51. The minimum atomic E-state index is -0.525. The van der Waals surface area contributed by atoms with Crippen LogP contribution in [0.3, 0.4) is 0 Å². The zero-order valence-electron chi connectivity index (χ0n) is 10.4. The van der Waals surface area contributed by atoms with E-state index < -0.39 is 11.2 Å². The van der Waals surface area contributed by atoms with Crippen molar-refractivity contribution in [2.24, 2.45) is 0 Å². The lowest BCUT2D eigenvalue weighted by Gasteiger charge is -2.10. The van der Waals surface area contributed by atoms with Crippen LogP contribution < -0.4 is 11.2 Å². The summed E-state index contributed by atoms with van der Waals surface area (Å²) in [5.74, 6) is 0. The van der Waals surface area contributed by atoms with Crippen molar-refractivity contribution in [3.8, 4) is 5.69 Å². The Kier molecular flexibility index (Phi) is 3.13. The molecule has 0 aliphatic carbocycles. The van der Waals surface area contributed by atoms with Crippen molar-refractivity contribution in [3.63, 3.8) is 0 Å². The lowest BCUT2D eigenvalue weighted by molar-refractivity contribution is 0.853. The topological polar surface area (TPSA) is 54.9 Å². The molecule has 0 aliphatic heterocycles. The van der Waals surface area contributed by atoms with Gasteiger partial charge in [0, 0.05) is 0 Å². The molecule has 94 valence electrons. The van der Waals surface area contributed by atoms with Crippen LogP contribution in [0.4, 0.5) is 0 Å². The monoisotopic (exact) mass is 264 g/mol. The van der Waals surface area contributed by atoms with E-state index in [0.29, 0.717) is 11.3 Å². The molecule has 0 atom stereocenters. The zero-order valence-corrected chi connectivity index (χ0v) is 11.1. The molecule has 0 amide bonds. The minimum absolute atomic E-state index is 0.0889. The molecule has 1 N–H and O–H groups in total. The van der Waals surface area contributed by atoms with Gasteiger partial charge in [-0.1, -0.05) is 29.3 Å². The summed E-state index contributed by atoms with van der Waals surface area (Å²) in [5, 5.41) is 0.0889. The molecule has 2 rings (SSSR count). The first-order chi connectivity index (χ1) is 8.41. The molecule has 1 heterocycles. The highest BCUT2D eigenvalue weighted by Gasteiger charge is 2.12. The van der Waals surface area contributed by atoms with Crippen LogP contribution >= 0.6 is 11.6 Å². The van der Waals surface area contributed by atoms with E-state index in [1.165, 1.54) is 0 Å². The highest BCUT2D eigenvalue weighted by atomic mass is 35.5. The second kappa shape index (κ2) is 4.46. The molecule has 0 saturated heterocycles. The number of benzene rings is 1. The lowest BCUT2D eigenvalue weighted by atomic mass is 10.1. The molecule has 2 aromatic rings. The van der Waals surface area contributed by atoms with Crippen molar-refractivity contribution in [2.45, 2.75) is 20.8 Å². The van der Waals surface area contributed by atoms with Crippen LogP contribution in [0, 0.1) is 20.8 Å². The Morgan fingerprint density at radius 1 is 1.17 bits per heavy atom. The summed E-state index contributed by atoms with van der Waals surface area (Å²) in [6.07, 6.45) is 0.